The van der Waals surface area contributed by atoms with Crippen LogP contribution >= 0.6 is 0 Å². The fraction of sp³-hybridized carbons (Fsp3) is 0.300. The highest BCUT2D eigenvalue weighted by atomic mass is 16.5. The van der Waals surface area contributed by atoms with Gasteiger partial charge in [-0.3, -0.25) is 4.79 Å². The van der Waals surface area contributed by atoms with E-state index in [0.29, 0.717) is 36.1 Å². The molecular weight excluding hydrogens is 384 g/mol. The molecule has 10 nitrogen and oxygen atoms in total. The summed E-state index contributed by atoms with van der Waals surface area (Å²) in [6, 6.07) is 5.76. The van der Waals surface area contributed by atoms with Crippen molar-refractivity contribution in [3.8, 4) is 0 Å². The molecule has 1 aliphatic heterocycles. The fourth-order valence-corrected chi connectivity index (χ4v) is 3.67. The van der Waals surface area contributed by atoms with Crippen LogP contribution in [-0.2, 0) is 18.4 Å². The van der Waals surface area contributed by atoms with E-state index in [0.717, 1.165) is 22.3 Å². The summed E-state index contributed by atoms with van der Waals surface area (Å²) in [5.74, 6) is 1.05. The standard InChI is InChI=1S/C20H22N8O2/c1-11-8-30-9-12-4-14(18-15(5-12)27(3)10-22-18)25-16-6-17(21-2)28-19(26-16)13(7-23-28)20(29)24-11/h4-7,10-11,21H,8-9H2,1-3H3,(H,24,29)(H,25,26)/t11-/m1/s1. The van der Waals surface area contributed by atoms with Crippen LogP contribution in [0.1, 0.15) is 22.8 Å². The minimum atomic E-state index is -0.240. The van der Waals surface area contributed by atoms with Gasteiger partial charge in [0.2, 0.25) is 0 Å². The molecule has 1 aliphatic rings. The van der Waals surface area contributed by atoms with Crippen LogP contribution < -0.4 is 16.0 Å². The van der Waals surface area contributed by atoms with E-state index in [1.807, 2.05) is 30.7 Å². The van der Waals surface area contributed by atoms with Crippen molar-refractivity contribution in [2.24, 2.45) is 7.05 Å². The van der Waals surface area contributed by atoms with E-state index in [9.17, 15) is 4.79 Å². The first-order valence-corrected chi connectivity index (χ1v) is 9.69. The predicted octanol–water partition coefficient (Wildman–Crippen LogP) is 2.05. The molecule has 0 radical (unpaired) electrons. The van der Waals surface area contributed by atoms with Crippen molar-refractivity contribution >= 4 is 39.9 Å². The molecule has 1 aromatic carbocycles. The molecule has 154 valence electrons. The van der Waals surface area contributed by atoms with Gasteiger partial charge in [-0.25, -0.2) is 9.97 Å². The van der Waals surface area contributed by atoms with Gasteiger partial charge in [0.05, 0.1) is 36.9 Å². The summed E-state index contributed by atoms with van der Waals surface area (Å²) in [4.78, 5) is 22.0. The number of fused-ring (bicyclic) bond motifs is 5. The van der Waals surface area contributed by atoms with Gasteiger partial charge in [-0.1, -0.05) is 0 Å². The average molecular weight is 406 g/mol. The number of amides is 1. The number of benzene rings is 1. The van der Waals surface area contributed by atoms with Crippen LogP contribution in [0.4, 0.5) is 17.3 Å². The second-order valence-corrected chi connectivity index (χ2v) is 7.45. The van der Waals surface area contributed by atoms with Crippen LogP contribution in [0.2, 0.25) is 0 Å². The van der Waals surface area contributed by atoms with E-state index >= 15 is 0 Å². The van der Waals surface area contributed by atoms with Crippen LogP contribution in [-0.4, -0.2) is 49.8 Å². The van der Waals surface area contributed by atoms with Crippen LogP contribution in [0.15, 0.2) is 30.7 Å². The largest absolute Gasteiger partial charge is 0.375 e. The number of ether oxygens (including phenoxy) is 1. The molecule has 0 saturated carbocycles. The lowest BCUT2D eigenvalue weighted by Crippen LogP contribution is -2.35. The van der Waals surface area contributed by atoms with Crippen molar-refractivity contribution in [1.82, 2.24) is 29.5 Å². The molecule has 0 fully saturated rings. The maximum atomic E-state index is 12.8. The minimum absolute atomic E-state index is 0.166. The third kappa shape index (κ3) is 3.01. The summed E-state index contributed by atoms with van der Waals surface area (Å²) in [7, 11) is 3.76. The second-order valence-electron chi connectivity index (χ2n) is 7.45. The number of imidazole rings is 1. The maximum absolute atomic E-state index is 12.8. The molecule has 1 atom stereocenters. The number of hydrogen-bond acceptors (Lipinski definition) is 7. The third-order valence-electron chi connectivity index (χ3n) is 5.14. The fourth-order valence-electron chi connectivity index (χ4n) is 3.67. The Morgan fingerprint density at radius 1 is 1.30 bits per heavy atom. The summed E-state index contributed by atoms with van der Waals surface area (Å²) in [6.45, 7) is 2.71. The summed E-state index contributed by atoms with van der Waals surface area (Å²) >= 11 is 0. The first-order valence-electron chi connectivity index (χ1n) is 9.69. The molecule has 10 heteroatoms. The SMILES string of the molecule is CNc1cc2nc3c(cnn13)C(=O)N[C@H](C)COCc1cc(c3ncn(C)c3c1)N2. The van der Waals surface area contributed by atoms with Crippen molar-refractivity contribution in [3.05, 3.63) is 41.9 Å². The van der Waals surface area contributed by atoms with Crippen molar-refractivity contribution < 1.29 is 9.53 Å². The van der Waals surface area contributed by atoms with Gasteiger partial charge in [-0.15, -0.1) is 0 Å². The molecule has 3 aromatic heterocycles. The van der Waals surface area contributed by atoms with E-state index in [-0.39, 0.29) is 11.9 Å². The highest BCUT2D eigenvalue weighted by Crippen LogP contribution is 2.29. The smallest absolute Gasteiger partial charge is 0.257 e. The Bertz CT molecular complexity index is 1280. The maximum Gasteiger partial charge on any atom is 0.257 e. The number of hydrogen-bond donors (Lipinski definition) is 3. The Morgan fingerprint density at radius 2 is 2.17 bits per heavy atom. The van der Waals surface area contributed by atoms with Crippen LogP contribution in [0.3, 0.4) is 0 Å². The quantitative estimate of drug-likeness (QED) is 0.444. The number of aryl methyl sites for hydroxylation is 1. The molecule has 0 aliphatic carbocycles. The third-order valence-corrected chi connectivity index (χ3v) is 5.14. The Balaban J connectivity index is 1.72. The summed E-state index contributed by atoms with van der Waals surface area (Å²) < 4.78 is 9.45. The molecule has 4 aromatic rings. The topological polar surface area (TPSA) is 110 Å². The van der Waals surface area contributed by atoms with E-state index < -0.39 is 0 Å². The van der Waals surface area contributed by atoms with E-state index in [1.165, 1.54) is 6.20 Å². The van der Waals surface area contributed by atoms with E-state index in [1.54, 1.807) is 17.9 Å². The Kier molecular flexibility index (Phi) is 4.28. The van der Waals surface area contributed by atoms with Crippen molar-refractivity contribution in [2.75, 3.05) is 24.3 Å². The first-order chi connectivity index (χ1) is 14.5. The normalized spacial score (nSPS) is 17.0. The van der Waals surface area contributed by atoms with E-state index in [2.05, 4.69) is 37.1 Å². The first kappa shape index (κ1) is 18.4. The number of carbonyl (C=O) groups is 1. The van der Waals surface area contributed by atoms with Gasteiger partial charge in [-0.2, -0.15) is 9.61 Å². The van der Waals surface area contributed by atoms with Crippen LogP contribution in [0.25, 0.3) is 16.7 Å². The highest BCUT2D eigenvalue weighted by molar-refractivity contribution is 6.00. The molecule has 5 rings (SSSR count). The zero-order valence-corrected chi connectivity index (χ0v) is 16.9. The highest BCUT2D eigenvalue weighted by Gasteiger charge is 2.20. The van der Waals surface area contributed by atoms with Crippen LogP contribution in [0.5, 0.6) is 0 Å². The summed E-state index contributed by atoms with van der Waals surface area (Å²) in [5.41, 5.74) is 4.51. The molecule has 0 unspecified atom stereocenters. The number of nitrogens with one attached hydrogen (secondary N) is 3. The molecule has 0 spiro atoms. The molecule has 1 amide bonds. The van der Waals surface area contributed by atoms with Gasteiger partial charge in [0.25, 0.3) is 5.91 Å². The van der Waals surface area contributed by atoms with Crippen LogP contribution in [0, 0.1) is 0 Å². The lowest BCUT2D eigenvalue weighted by molar-refractivity contribution is 0.0821. The van der Waals surface area contributed by atoms with Gasteiger partial charge in [0.1, 0.15) is 22.7 Å². The minimum Gasteiger partial charge on any atom is -0.375 e. The zero-order chi connectivity index (χ0) is 20.8. The Hall–Kier alpha value is -3.66. The molecule has 0 saturated heterocycles. The summed E-state index contributed by atoms with van der Waals surface area (Å²) in [5, 5.41) is 13.8. The van der Waals surface area contributed by atoms with Gasteiger partial charge >= 0.3 is 0 Å². The molecular formula is C20H22N8O2. The number of anilines is 3. The van der Waals surface area contributed by atoms with Gasteiger partial charge in [-0.05, 0) is 24.6 Å². The van der Waals surface area contributed by atoms with Crippen molar-refractivity contribution in [3.63, 3.8) is 0 Å². The Labute approximate surface area is 172 Å². The van der Waals surface area contributed by atoms with Gasteiger partial charge in [0.15, 0.2) is 5.65 Å². The predicted molar refractivity (Wildman–Crippen MR) is 113 cm³/mol. The second kappa shape index (κ2) is 6.99. The average Bonchev–Trinajstić information content (AvgIpc) is 3.31. The number of nitrogens with zero attached hydrogens (tertiary/aromatic N) is 5. The number of rotatable bonds is 1. The molecule has 3 N–H and O–H groups in total. The molecule has 4 bridgehead atoms. The molecule has 4 heterocycles. The molecule has 30 heavy (non-hydrogen) atoms. The lowest BCUT2D eigenvalue weighted by atomic mass is 10.1. The van der Waals surface area contributed by atoms with Gasteiger partial charge in [0, 0.05) is 26.2 Å². The van der Waals surface area contributed by atoms with E-state index in [4.69, 9.17) is 4.74 Å². The monoisotopic (exact) mass is 406 g/mol. The Morgan fingerprint density at radius 3 is 3.00 bits per heavy atom. The van der Waals surface area contributed by atoms with Gasteiger partial charge < -0.3 is 25.3 Å². The lowest BCUT2D eigenvalue weighted by Gasteiger charge is -2.16. The summed E-state index contributed by atoms with van der Waals surface area (Å²) in [6.07, 6.45) is 3.31. The van der Waals surface area contributed by atoms with Crippen molar-refractivity contribution in [2.45, 2.75) is 19.6 Å². The number of aromatic nitrogens is 5. The number of carbonyl (C=O) groups excluding carboxylic acids is 1. The van der Waals surface area contributed by atoms with Crippen molar-refractivity contribution in [1.29, 1.82) is 0 Å². The zero-order valence-electron chi connectivity index (χ0n) is 16.9.